The van der Waals surface area contributed by atoms with Gasteiger partial charge in [0.05, 0.1) is 12.7 Å². The van der Waals surface area contributed by atoms with E-state index in [0.717, 1.165) is 22.9 Å². The number of benzene rings is 2. The van der Waals surface area contributed by atoms with E-state index in [-0.39, 0.29) is 5.69 Å². The Morgan fingerprint density at radius 2 is 1.81 bits per heavy atom. The molecular formula is C16H16F3NO. The Kier molecular flexibility index (Phi) is 4.40. The summed E-state index contributed by atoms with van der Waals surface area (Å²) >= 11 is 0. The second kappa shape index (κ2) is 6.08. The Labute approximate surface area is 121 Å². The largest absolute Gasteiger partial charge is 0.496 e. The van der Waals surface area contributed by atoms with Crippen LogP contribution in [0.25, 0.3) is 0 Å². The predicted molar refractivity (Wildman–Crippen MR) is 76.5 cm³/mol. The van der Waals surface area contributed by atoms with E-state index in [2.05, 4.69) is 5.32 Å². The van der Waals surface area contributed by atoms with Crippen LogP contribution < -0.4 is 10.1 Å². The number of ether oxygens (including phenoxy) is 1. The van der Waals surface area contributed by atoms with Crippen molar-refractivity contribution in [2.24, 2.45) is 0 Å². The molecular weight excluding hydrogens is 279 g/mol. The van der Waals surface area contributed by atoms with Gasteiger partial charge in [0.15, 0.2) is 0 Å². The molecule has 0 spiro atoms. The Bertz CT molecular complexity index is 623. The van der Waals surface area contributed by atoms with Gasteiger partial charge in [-0.1, -0.05) is 24.3 Å². The normalized spacial score (nSPS) is 11.3. The number of hydrogen-bond acceptors (Lipinski definition) is 2. The number of halogens is 3. The zero-order valence-electron chi connectivity index (χ0n) is 11.8. The van der Waals surface area contributed by atoms with Crippen molar-refractivity contribution in [3.8, 4) is 5.75 Å². The van der Waals surface area contributed by atoms with Crippen LogP contribution >= 0.6 is 0 Å². The van der Waals surface area contributed by atoms with E-state index in [1.54, 1.807) is 13.2 Å². The van der Waals surface area contributed by atoms with Gasteiger partial charge in [0, 0.05) is 12.2 Å². The van der Waals surface area contributed by atoms with Gasteiger partial charge >= 0.3 is 6.18 Å². The van der Waals surface area contributed by atoms with Crippen molar-refractivity contribution < 1.29 is 17.9 Å². The number of hydrogen-bond donors (Lipinski definition) is 1. The molecule has 0 fully saturated rings. The standard InChI is InChI=1S/C16H16F3NO/c1-11-9-12(7-8-15(11)21-2)10-20-14-6-4-3-5-13(14)16(17,18)19/h3-9,20H,10H2,1-2H3. The SMILES string of the molecule is COc1ccc(CNc2ccccc2C(F)(F)F)cc1C. The summed E-state index contributed by atoms with van der Waals surface area (Å²) in [5, 5.41) is 2.84. The van der Waals surface area contributed by atoms with E-state index >= 15 is 0 Å². The van der Waals surface area contributed by atoms with Crippen LogP contribution in [-0.2, 0) is 12.7 Å². The summed E-state index contributed by atoms with van der Waals surface area (Å²) in [7, 11) is 1.58. The molecule has 0 atom stereocenters. The molecule has 2 nitrogen and oxygen atoms in total. The lowest BCUT2D eigenvalue weighted by molar-refractivity contribution is -0.136. The highest BCUT2D eigenvalue weighted by Gasteiger charge is 2.32. The summed E-state index contributed by atoms with van der Waals surface area (Å²) in [4.78, 5) is 0. The molecule has 0 aliphatic carbocycles. The molecule has 0 saturated heterocycles. The van der Waals surface area contributed by atoms with Crippen LogP contribution in [0.15, 0.2) is 42.5 Å². The molecule has 112 valence electrons. The molecule has 0 saturated carbocycles. The maximum Gasteiger partial charge on any atom is 0.418 e. The van der Waals surface area contributed by atoms with Crippen molar-refractivity contribution >= 4 is 5.69 Å². The number of aryl methyl sites for hydroxylation is 1. The zero-order valence-corrected chi connectivity index (χ0v) is 11.8. The van der Waals surface area contributed by atoms with Crippen LogP contribution in [0.5, 0.6) is 5.75 Å². The Balaban J connectivity index is 2.15. The number of anilines is 1. The van der Waals surface area contributed by atoms with Crippen LogP contribution in [0.1, 0.15) is 16.7 Å². The van der Waals surface area contributed by atoms with Gasteiger partial charge in [0.25, 0.3) is 0 Å². The highest BCUT2D eigenvalue weighted by atomic mass is 19.4. The fourth-order valence-electron chi connectivity index (χ4n) is 2.13. The zero-order chi connectivity index (χ0) is 15.5. The minimum atomic E-state index is -4.36. The van der Waals surface area contributed by atoms with Gasteiger partial charge in [0.2, 0.25) is 0 Å². The molecule has 2 rings (SSSR count). The van der Waals surface area contributed by atoms with Crippen molar-refractivity contribution in [3.63, 3.8) is 0 Å². The van der Waals surface area contributed by atoms with Crippen molar-refractivity contribution in [2.75, 3.05) is 12.4 Å². The smallest absolute Gasteiger partial charge is 0.418 e. The van der Waals surface area contributed by atoms with Crippen LogP contribution in [0.2, 0.25) is 0 Å². The molecule has 2 aromatic carbocycles. The van der Waals surface area contributed by atoms with Crippen molar-refractivity contribution in [2.45, 2.75) is 19.6 Å². The topological polar surface area (TPSA) is 21.3 Å². The van der Waals surface area contributed by atoms with Crippen LogP contribution in [-0.4, -0.2) is 7.11 Å². The molecule has 21 heavy (non-hydrogen) atoms. The van der Waals surface area contributed by atoms with E-state index < -0.39 is 11.7 Å². The van der Waals surface area contributed by atoms with Crippen LogP contribution in [0.4, 0.5) is 18.9 Å². The maximum atomic E-state index is 12.9. The first-order valence-electron chi connectivity index (χ1n) is 6.45. The highest BCUT2D eigenvalue weighted by Crippen LogP contribution is 2.34. The molecule has 2 aromatic rings. The average molecular weight is 295 g/mol. The van der Waals surface area contributed by atoms with Gasteiger partial charge in [0.1, 0.15) is 5.75 Å². The highest BCUT2D eigenvalue weighted by molar-refractivity contribution is 5.53. The molecule has 0 aromatic heterocycles. The summed E-state index contributed by atoms with van der Waals surface area (Å²) in [5.41, 5.74) is 1.26. The van der Waals surface area contributed by atoms with Gasteiger partial charge in [-0.05, 0) is 36.2 Å². The fraction of sp³-hybridized carbons (Fsp3) is 0.250. The summed E-state index contributed by atoms with van der Waals surface area (Å²) < 4.78 is 43.8. The first-order chi connectivity index (χ1) is 9.91. The fourth-order valence-corrected chi connectivity index (χ4v) is 2.13. The van der Waals surface area contributed by atoms with Crippen molar-refractivity contribution in [3.05, 3.63) is 59.2 Å². The average Bonchev–Trinajstić information content (AvgIpc) is 2.44. The Morgan fingerprint density at radius 3 is 2.43 bits per heavy atom. The third-order valence-electron chi connectivity index (χ3n) is 3.17. The molecule has 0 amide bonds. The van der Waals surface area contributed by atoms with Gasteiger partial charge in [-0.2, -0.15) is 13.2 Å². The Hall–Kier alpha value is -2.17. The number of rotatable bonds is 4. The van der Waals surface area contributed by atoms with E-state index in [1.165, 1.54) is 12.1 Å². The number of alkyl halides is 3. The van der Waals surface area contributed by atoms with E-state index in [1.807, 2.05) is 25.1 Å². The van der Waals surface area contributed by atoms with E-state index in [0.29, 0.717) is 6.54 Å². The molecule has 0 bridgehead atoms. The number of para-hydroxylation sites is 1. The summed E-state index contributed by atoms with van der Waals surface area (Å²) in [6, 6.07) is 11.0. The summed E-state index contributed by atoms with van der Waals surface area (Å²) in [6.07, 6.45) is -4.36. The Morgan fingerprint density at radius 1 is 1.10 bits per heavy atom. The van der Waals surface area contributed by atoms with Gasteiger partial charge < -0.3 is 10.1 Å². The monoisotopic (exact) mass is 295 g/mol. The van der Waals surface area contributed by atoms with Crippen LogP contribution in [0, 0.1) is 6.92 Å². The first-order valence-corrected chi connectivity index (χ1v) is 6.45. The molecule has 1 N–H and O–H groups in total. The number of nitrogens with one attached hydrogen (secondary N) is 1. The van der Waals surface area contributed by atoms with Crippen molar-refractivity contribution in [1.29, 1.82) is 0 Å². The summed E-state index contributed by atoms with van der Waals surface area (Å²) in [5.74, 6) is 0.759. The maximum absolute atomic E-state index is 12.9. The molecule has 0 aliphatic heterocycles. The second-order valence-corrected chi connectivity index (χ2v) is 4.70. The minimum Gasteiger partial charge on any atom is -0.496 e. The molecule has 0 radical (unpaired) electrons. The van der Waals surface area contributed by atoms with Gasteiger partial charge in [-0.3, -0.25) is 0 Å². The van der Waals surface area contributed by atoms with E-state index in [4.69, 9.17) is 4.74 Å². The van der Waals surface area contributed by atoms with Crippen molar-refractivity contribution in [1.82, 2.24) is 0 Å². The second-order valence-electron chi connectivity index (χ2n) is 4.70. The lowest BCUT2D eigenvalue weighted by Gasteiger charge is -2.15. The molecule has 5 heteroatoms. The lowest BCUT2D eigenvalue weighted by atomic mass is 10.1. The third-order valence-corrected chi connectivity index (χ3v) is 3.17. The first kappa shape index (κ1) is 15.2. The van der Waals surface area contributed by atoms with E-state index in [9.17, 15) is 13.2 Å². The van der Waals surface area contributed by atoms with Gasteiger partial charge in [-0.15, -0.1) is 0 Å². The quantitative estimate of drug-likeness (QED) is 0.887. The molecule has 0 heterocycles. The summed E-state index contributed by atoms with van der Waals surface area (Å²) in [6.45, 7) is 2.21. The number of methoxy groups -OCH3 is 1. The van der Waals surface area contributed by atoms with Crippen LogP contribution in [0.3, 0.4) is 0 Å². The molecule has 0 aliphatic rings. The predicted octanol–water partition coefficient (Wildman–Crippen LogP) is 4.63. The minimum absolute atomic E-state index is 0.0819. The third kappa shape index (κ3) is 3.68. The van der Waals surface area contributed by atoms with Gasteiger partial charge in [-0.25, -0.2) is 0 Å². The molecule has 0 unspecified atom stereocenters. The lowest BCUT2D eigenvalue weighted by Crippen LogP contribution is -2.10.